The lowest BCUT2D eigenvalue weighted by Crippen LogP contribution is -2.14. The first kappa shape index (κ1) is 20.2. The summed E-state index contributed by atoms with van der Waals surface area (Å²) >= 11 is 0. The van der Waals surface area contributed by atoms with Gasteiger partial charge in [-0.15, -0.1) is 5.10 Å². The molecule has 1 amide bonds. The van der Waals surface area contributed by atoms with E-state index in [9.17, 15) is 4.79 Å². The van der Waals surface area contributed by atoms with Crippen molar-refractivity contribution in [3.05, 3.63) is 66.4 Å². The van der Waals surface area contributed by atoms with Gasteiger partial charge in [0.1, 0.15) is 11.5 Å². The fraction of sp³-hybridized carbons (Fsp3) is 0.174. The molecule has 4 rings (SSSR count). The van der Waals surface area contributed by atoms with Crippen molar-refractivity contribution in [2.75, 3.05) is 26.1 Å². The number of hydrogen-bond acceptors (Lipinski definition) is 6. The zero-order valence-electron chi connectivity index (χ0n) is 17.5. The van der Waals surface area contributed by atoms with Crippen molar-refractivity contribution in [3.63, 3.8) is 0 Å². The fourth-order valence-electron chi connectivity index (χ4n) is 3.20. The molecule has 0 radical (unpaired) electrons. The van der Waals surface area contributed by atoms with Crippen LogP contribution in [0.3, 0.4) is 0 Å². The number of para-hydroxylation sites is 1. The highest BCUT2D eigenvalue weighted by molar-refractivity contribution is 6.07. The summed E-state index contributed by atoms with van der Waals surface area (Å²) in [6.07, 6.45) is 1.80. The molecule has 0 bridgehead atoms. The average Bonchev–Trinajstić information content (AvgIpc) is 3.23. The molecule has 0 atom stereocenters. The normalized spacial score (nSPS) is 10.7. The number of methoxy groups -OCH3 is 2. The average molecular weight is 418 g/mol. The summed E-state index contributed by atoms with van der Waals surface area (Å²) in [4.78, 5) is 17.5. The predicted octanol–water partition coefficient (Wildman–Crippen LogP) is 4.06. The van der Waals surface area contributed by atoms with Gasteiger partial charge in [0.15, 0.2) is 5.65 Å². The van der Waals surface area contributed by atoms with Crippen LogP contribution in [0.15, 0.2) is 60.8 Å². The second kappa shape index (κ2) is 8.74. The molecule has 2 heterocycles. The van der Waals surface area contributed by atoms with Crippen molar-refractivity contribution < 1.29 is 19.0 Å². The SMILES string of the molecule is CCOc1ccccc1C(=O)Nc1cc(-c2cn3nc(OC)ccc3n2)ccc1OC. The van der Waals surface area contributed by atoms with E-state index in [0.29, 0.717) is 46.6 Å². The van der Waals surface area contributed by atoms with Gasteiger partial charge in [-0.1, -0.05) is 12.1 Å². The number of amides is 1. The third-order valence-corrected chi connectivity index (χ3v) is 4.68. The highest BCUT2D eigenvalue weighted by atomic mass is 16.5. The number of fused-ring (bicyclic) bond motifs is 1. The van der Waals surface area contributed by atoms with Crippen LogP contribution in [0.25, 0.3) is 16.9 Å². The summed E-state index contributed by atoms with van der Waals surface area (Å²) < 4.78 is 17.8. The van der Waals surface area contributed by atoms with Crippen molar-refractivity contribution >= 4 is 17.2 Å². The molecule has 8 nitrogen and oxygen atoms in total. The number of imidazole rings is 1. The molecule has 0 aliphatic heterocycles. The largest absolute Gasteiger partial charge is 0.495 e. The maximum absolute atomic E-state index is 12.9. The van der Waals surface area contributed by atoms with E-state index >= 15 is 0 Å². The number of nitrogens with zero attached hydrogens (tertiary/aromatic N) is 3. The van der Waals surface area contributed by atoms with E-state index in [0.717, 1.165) is 5.56 Å². The van der Waals surface area contributed by atoms with Crippen LogP contribution in [-0.2, 0) is 0 Å². The van der Waals surface area contributed by atoms with Crippen LogP contribution in [0.1, 0.15) is 17.3 Å². The summed E-state index contributed by atoms with van der Waals surface area (Å²) in [5, 5.41) is 7.26. The van der Waals surface area contributed by atoms with Gasteiger partial charge in [0.05, 0.1) is 44.0 Å². The van der Waals surface area contributed by atoms with E-state index in [1.165, 1.54) is 0 Å². The summed E-state index contributed by atoms with van der Waals surface area (Å²) in [6.45, 7) is 2.34. The first-order chi connectivity index (χ1) is 15.1. The Bertz CT molecular complexity index is 1240. The van der Waals surface area contributed by atoms with Crippen LogP contribution >= 0.6 is 0 Å². The summed E-state index contributed by atoms with van der Waals surface area (Å²) in [6, 6.07) is 16.2. The Hall–Kier alpha value is -4.07. The molecule has 0 saturated heterocycles. The molecule has 0 saturated carbocycles. The van der Waals surface area contributed by atoms with Crippen LogP contribution < -0.4 is 19.5 Å². The van der Waals surface area contributed by atoms with Gasteiger partial charge in [-0.05, 0) is 43.3 Å². The molecule has 2 aromatic carbocycles. The zero-order chi connectivity index (χ0) is 21.8. The number of carbonyl (C=O) groups excluding carboxylic acids is 1. The van der Waals surface area contributed by atoms with Gasteiger partial charge >= 0.3 is 0 Å². The van der Waals surface area contributed by atoms with Crippen LogP contribution in [0.2, 0.25) is 0 Å². The minimum absolute atomic E-state index is 0.291. The molecule has 0 spiro atoms. The molecule has 4 aromatic rings. The van der Waals surface area contributed by atoms with Gasteiger partial charge in [0.2, 0.25) is 5.88 Å². The first-order valence-electron chi connectivity index (χ1n) is 9.75. The number of benzene rings is 2. The first-order valence-corrected chi connectivity index (χ1v) is 9.75. The molecule has 1 N–H and O–H groups in total. The lowest BCUT2D eigenvalue weighted by molar-refractivity contribution is 0.102. The Morgan fingerprint density at radius 2 is 1.87 bits per heavy atom. The molecular formula is C23H22N4O4. The van der Waals surface area contributed by atoms with Gasteiger partial charge in [0, 0.05) is 11.6 Å². The highest BCUT2D eigenvalue weighted by Crippen LogP contribution is 2.31. The standard InChI is InChI=1S/C23H22N4O4/c1-4-31-19-8-6-5-7-16(19)23(28)25-17-13-15(9-10-20(17)29-2)18-14-27-21(24-18)11-12-22(26-27)30-3/h5-14H,4H2,1-3H3,(H,25,28). The number of rotatable bonds is 7. The molecule has 0 aliphatic carbocycles. The Morgan fingerprint density at radius 3 is 2.65 bits per heavy atom. The van der Waals surface area contributed by atoms with Gasteiger partial charge < -0.3 is 19.5 Å². The number of carbonyl (C=O) groups is 1. The monoisotopic (exact) mass is 418 g/mol. The molecule has 31 heavy (non-hydrogen) atoms. The zero-order valence-corrected chi connectivity index (χ0v) is 17.5. The molecule has 0 fully saturated rings. The van der Waals surface area contributed by atoms with Crippen LogP contribution in [0, 0.1) is 0 Å². The highest BCUT2D eigenvalue weighted by Gasteiger charge is 2.16. The Balaban J connectivity index is 1.68. The number of aromatic nitrogens is 3. The molecule has 8 heteroatoms. The summed E-state index contributed by atoms with van der Waals surface area (Å²) in [5.74, 6) is 1.26. The van der Waals surface area contributed by atoms with E-state index in [-0.39, 0.29) is 5.91 Å². The van der Waals surface area contributed by atoms with E-state index in [2.05, 4.69) is 15.4 Å². The Kier molecular flexibility index (Phi) is 5.70. The van der Waals surface area contributed by atoms with E-state index in [1.54, 1.807) is 55.3 Å². The van der Waals surface area contributed by atoms with Gasteiger partial charge in [0.25, 0.3) is 5.91 Å². The Labute approximate surface area is 179 Å². The predicted molar refractivity (Wildman–Crippen MR) is 117 cm³/mol. The number of ether oxygens (including phenoxy) is 3. The number of anilines is 1. The third kappa shape index (κ3) is 4.13. The lowest BCUT2D eigenvalue weighted by Gasteiger charge is -2.13. The molecule has 0 aliphatic rings. The second-order valence-electron chi connectivity index (χ2n) is 6.60. The maximum Gasteiger partial charge on any atom is 0.259 e. The summed E-state index contributed by atoms with van der Waals surface area (Å²) in [5.41, 5.74) is 3.16. The van der Waals surface area contributed by atoms with Gasteiger partial charge in [-0.3, -0.25) is 4.79 Å². The van der Waals surface area contributed by atoms with E-state index in [4.69, 9.17) is 14.2 Å². The molecule has 0 unspecified atom stereocenters. The van der Waals surface area contributed by atoms with Crippen molar-refractivity contribution in [1.82, 2.24) is 14.6 Å². The number of nitrogens with one attached hydrogen (secondary N) is 1. The van der Waals surface area contributed by atoms with Crippen LogP contribution in [-0.4, -0.2) is 41.3 Å². The van der Waals surface area contributed by atoms with E-state index < -0.39 is 0 Å². The third-order valence-electron chi connectivity index (χ3n) is 4.68. The minimum Gasteiger partial charge on any atom is -0.495 e. The van der Waals surface area contributed by atoms with Crippen molar-refractivity contribution in [2.24, 2.45) is 0 Å². The lowest BCUT2D eigenvalue weighted by atomic mass is 10.1. The quantitative estimate of drug-likeness (QED) is 0.487. The van der Waals surface area contributed by atoms with Crippen LogP contribution in [0.4, 0.5) is 5.69 Å². The van der Waals surface area contributed by atoms with Crippen molar-refractivity contribution in [1.29, 1.82) is 0 Å². The van der Waals surface area contributed by atoms with Crippen LogP contribution in [0.5, 0.6) is 17.4 Å². The topological polar surface area (TPSA) is 87.0 Å². The molecular weight excluding hydrogens is 396 g/mol. The molecule has 158 valence electrons. The summed E-state index contributed by atoms with van der Waals surface area (Å²) in [7, 11) is 3.12. The maximum atomic E-state index is 12.9. The van der Waals surface area contributed by atoms with Gasteiger partial charge in [-0.25, -0.2) is 9.50 Å². The molecule has 2 aromatic heterocycles. The van der Waals surface area contributed by atoms with Crippen molar-refractivity contribution in [2.45, 2.75) is 6.92 Å². The number of hydrogen-bond donors (Lipinski definition) is 1. The smallest absolute Gasteiger partial charge is 0.259 e. The minimum atomic E-state index is -0.291. The van der Waals surface area contributed by atoms with E-state index in [1.807, 2.05) is 31.2 Å². The van der Waals surface area contributed by atoms with Crippen molar-refractivity contribution in [3.8, 4) is 28.6 Å². The Morgan fingerprint density at radius 1 is 1.03 bits per heavy atom. The van der Waals surface area contributed by atoms with Gasteiger partial charge in [-0.2, -0.15) is 0 Å². The fourth-order valence-corrected chi connectivity index (χ4v) is 3.20. The second-order valence-corrected chi connectivity index (χ2v) is 6.60.